The maximum Gasteiger partial charge on any atom is 0.348 e. The molecule has 140 valence electrons. The van der Waals surface area contributed by atoms with Crippen LogP contribution in [-0.2, 0) is 14.3 Å². The van der Waals surface area contributed by atoms with E-state index in [0.717, 1.165) is 30.3 Å². The van der Waals surface area contributed by atoms with Gasteiger partial charge < -0.3 is 14.4 Å². The number of methoxy groups -OCH3 is 1. The first-order valence-corrected chi connectivity index (χ1v) is 9.62. The van der Waals surface area contributed by atoms with Crippen LogP contribution in [0.4, 0.5) is 5.82 Å². The number of aryl methyl sites for hydroxylation is 1. The summed E-state index contributed by atoms with van der Waals surface area (Å²) in [4.78, 5) is 36.0. The average molecular weight is 398 g/mol. The van der Waals surface area contributed by atoms with Gasteiger partial charge in [-0.05, 0) is 43.9 Å². The van der Waals surface area contributed by atoms with Gasteiger partial charge in [-0.15, -0.1) is 11.3 Å². The number of carbonyl (C=O) groups is 2. The van der Waals surface area contributed by atoms with Crippen LogP contribution >= 0.6 is 22.9 Å². The van der Waals surface area contributed by atoms with E-state index in [1.54, 1.807) is 6.92 Å². The molecule has 1 saturated heterocycles. The molecule has 2 aromatic heterocycles. The van der Waals surface area contributed by atoms with Crippen molar-refractivity contribution < 1.29 is 19.1 Å². The van der Waals surface area contributed by atoms with Gasteiger partial charge in [0.2, 0.25) is 5.28 Å². The van der Waals surface area contributed by atoms with Crippen LogP contribution in [0.3, 0.4) is 0 Å². The summed E-state index contributed by atoms with van der Waals surface area (Å²) in [6.45, 7) is 5.27. The van der Waals surface area contributed by atoms with Crippen LogP contribution in [-0.4, -0.2) is 48.7 Å². The third kappa shape index (κ3) is 3.48. The van der Waals surface area contributed by atoms with Gasteiger partial charge in [0.15, 0.2) is 0 Å². The van der Waals surface area contributed by atoms with Gasteiger partial charge in [0.05, 0.1) is 25.0 Å². The van der Waals surface area contributed by atoms with Crippen molar-refractivity contribution in [3.05, 3.63) is 15.7 Å². The number of rotatable bonds is 4. The Morgan fingerprint density at radius 3 is 2.85 bits per heavy atom. The first-order chi connectivity index (χ1) is 12.5. The van der Waals surface area contributed by atoms with Gasteiger partial charge in [-0.2, -0.15) is 4.98 Å². The second-order valence-corrected chi connectivity index (χ2v) is 7.42. The number of nitrogens with zero attached hydrogens (tertiary/aromatic N) is 3. The number of fused-ring (bicyclic) bond motifs is 1. The number of esters is 2. The van der Waals surface area contributed by atoms with E-state index in [-0.39, 0.29) is 17.2 Å². The molecule has 0 bridgehead atoms. The molecule has 7 nitrogen and oxygen atoms in total. The summed E-state index contributed by atoms with van der Waals surface area (Å²) in [6, 6.07) is 0. The predicted molar refractivity (Wildman–Crippen MR) is 100 cm³/mol. The van der Waals surface area contributed by atoms with Crippen molar-refractivity contribution in [2.24, 2.45) is 5.92 Å². The Morgan fingerprint density at radius 1 is 1.38 bits per heavy atom. The molecule has 0 N–H and O–H groups in total. The van der Waals surface area contributed by atoms with Gasteiger partial charge in [0.25, 0.3) is 0 Å². The Balaban J connectivity index is 2.02. The molecule has 1 atom stereocenters. The van der Waals surface area contributed by atoms with Crippen LogP contribution in [0, 0.1) is 12.8 Å². The Hall–Kier alpha value is -1.93. The molecule has 1 fully saturated rings. The van der Waals surface area contributed by atoms with Crippen LogP contribution < -0.4 is 4.90 Å². The number of halogens is 1. The largest absolute Gasteiger partial charge is 0.466 e. The highest BCUT2D eigenvalue weighted by molar-refractivity contribution is 7.20. The molecule has 0 aliphatic carbocycles. The summed E-state index contributed by atoms with van der Waals surface area (Å²) in [6.07, 6.45) is 1.63. The third-order valence-electron chi connectivity index (χ3n) is 4.46. The molecule has 1 aliphatic heterocycles. The van der Waals surface area contributed by atoms with E-state index < -0.39 is 5.97 Å². The number of thiophene rings is 1. The number of ether oxygens (including phenoxy) is 2. The second-order valence-electron chi connectivity index (χ2n) is 6.08. The summed E-state index contributed by atoms with van der Waals surface area (Å²) >= 11 is 7.35. The Bertz CT molecular complexity index is 854. The molecular weight excluding hydrogens is 378 g/mol. The molecule has 0 spiro atoms. The van der Waals surface area contributed by atoms with Crippen molar-refractivity contribution in [3.8, 4) is 0 Å². The van der Waals surface area contributed by atoms with Crippen molar-refractivity contribution in [2.45, 2.75) is 26.7 Å². The highest BCUT2D eigenvalue weighted by Gasteiger charge is 2.30. The zero-order chi connectivity index (χ0) is 18.8. The summed E-state index contributed by atoms with van der Waals surface area (Å²) in [5.74, 6) is -0.147. The van der Waals surface area contributed by atoms with Crippen LogP contribution in [0.15, 0.2) is 0 Å². The lowest BCUT2D eigenvalue weighted by molar-refractivity contribution is -0.148. The molecule has 26 heavy (non-hydrogen) atoms. The average Bonchev–Trinajstić information content (AvgIpc) is 2.97. The fourth-order valence-electron chi connectivity index (χ4n) is 3.23. The molecule has 1 unspecified atom stereocenters. The van der Waals surface area contributed by atoms with Crippen LogP contribution in [0.2, 0.25) is 5.28 Å². The maximum atomic E-state index is 12.1. The van der Waals surface area contributed by atoms with E-state index in [4.69, 9.17) is 21.1 Å². The summed E-state index contributed by atoms with van der Waals surface area (Å²) in [5, 5.41) is 0.896. The Morgan fingerprint density at radius 2 is 2.15 bits per heavy atom. The molecule has 0 saturated carbocycles. The van der Waals surface area contributed by atoms with Gasteiger partial charge in [-0.25, -0.2) is 9.78 Å². The minimum atomic E-state index is -0.407. The first-order valence-electron chi connectivity index (χ1n) is 8.42. The van der Waals surface area contributed by atoms with E-state index in [2.05, 4.69) is 9.97 Å². The van der Waals surface area contributed by atoms with Gasteiger partial charge >= 0.3 is 11.9 Å². The van der Waals surface area contributed by atoms with Crippen molar-refractivity contribution in [1.82, 2.24) is 9.97 Å². The molecule has 1 aliphatic rings. The molecule has 3 rings (SSSR count). The predicted octanol–water partition coefficient (Wildman–Crippen LogP) is 3.22. The number of carbonyl (C=O) groups excluding carboxylic acids is 2. The normalized spacial score (nSPS) is 17.4. The van der Waals surface area contributed by atoms with Crippen molar-refractivity contribution in [1.29, 1.82) is 0 Å². The van der Waals surface area contributed by atoms with E-state index in [1.807, 2.05) is 11.8 Å². The van der Waals surface area contributed by atoms with Crippen molar-refractivity contribution in [2.75, 3.05) is 31.7 Å². The van der Waals surface area contributed by atoms with Gasteiger partial charge in [-0.1, -0.05) is 0 Å². The topological polar surface area (TPSA) is 81.6 Å². The molecular formula is C17H20ClN3O4S. The zero-order valence-electron chi connectivity index (χ0n) is 14.9. The maximum absolute atomic E-state index is 12.1. The monoisotopic (exact) mass is 397 g/mol. The van der Waals surface area contributed by atoms with Crippen molar-refractivity contribution in [3.63, 3.8) is 0 Å². The quantitative estimate of drug-likeness (QED) is 0.578. The van der Waals surface area contributed by atoms with Crippen LogP contribution in [0.5, 0.6) is 0 Å². The van der Waals surface area contributed by atoms with Crippen LogP contribution in [0.25, 0.3) is 10.2 Å². The van der Waals surface area contributed by atoms with Gasteiger partial charge in [0, 0.05) is 13.1 Å². The number of aromatic nitrogens is 2. The molecule has 0 aromatic carbocycles. The highest BCUT2D eigenvalue weighted by atomic mass is 35.5. The van der Waals surface area contributed by atoms with Gasteiger partial charge in [0.1, 0.15) is 15.5 Å². The smallest absolute Gasteiger partial charge is 0.348 e. The molecule has 9 heteroatoms. The second kappa shape index (κ2) is 7.75. The highest BCUT2D eigenvalue weighted by Crippen LogP contribution is 2.37. The number of hydrogen-bond donors (Lipinski definition) is 0. The van der Waals surface area contributed by atoms with E-state index in [9.17, 15) is 9.59 Å². The summed E-state index contributed by atoms with van der Waals surface area (Å²) < 4.78 is 10.0. The number of hydrogen-bond acceptors (Lipinski definition) is 8. The fourth-order valence-corrected chi connectivity index (χ4v) is 4.54. The molecule has 2 aromatic rings. The minimum Gasteiger partial charge on any atom is -0.466 e. The third-order valence-corrected chi connectivity index (χ3v) is 5.79. The molecule has 3 heterocycles. The first kappa shape index (κ1) is 18.8. The SMILES string of the molecule is CCOC(=O)C1CCCN(c2nc(Cl)nc3sc(C(=O)OC)c(C)c23)C1. The van der Waals surface area contributed by atoms with Crippen LogP contribution in [0.1, 0.15) is 35.0 Å². The fraction of sp³-hybridized carbons (Fsp3) is 0.529. The summed E-state index contributed by atoms with van der Waals surface area (Å²) in [7, 11) is 1.35. The Kier molecular flexibility index (Phi) is 5.62. The van der Waals surface area contributed by atoms with Gasteiger partial charge in [-0.3, -0.25) is 4.79 Å². The Labute approximate surface area is 160 Å². The van der Waals surface area contributed by atoms with E-state index >= 15 is 0 Å². The number of piperidine rings is 1. The number of anilines is 1. The lowest BCUT2D eigenvalue weighted by Gasteiger charge is -2.32. The van der Waals surface area contributed by atoms with Crippen molar-refractivity contribution >= 4 is 50.9 Å². The van der Waals surface area contributed by atoms with E-state index in [1.165, 1.54) is 18.4 Å². The lowest BCUT2D eigenvalue weighted by Crippen LogP contribution is -2.40. The summed E-state index contributed by atoms with van der Waals surface area (Å²) in [5.41, 5.74) is 0.766. The minimum absolute atomic E-state index is 0.114. The zero-order valence-corrected chi connectivity index (χ0v) is 16.4. The lowest BCUT2D eigenvalue weighted by atomic mass is 9.98. The van der Waals surface area contributed by atoms with E-state index in [0.29, 0.717) is 28.7 Å². The molecule has 0 radical (unpaired) electrons. The molecule has 0 amide bonds. The standard InChI is InChI=1S/C17H20ClN3O4S/c1-4-25-15(22)10-6-5-7-21(8-10)13-11-9(2)12(16(23)24-3)26-14(11)20-17(18)19-13/h10H,4-8H2,1-3H3.